The van der Waals surface area contributed by atoms with Crippen molar-refractivity contribution in [2.75, 3.05) is 6.54 Å². The largest absolute Gasteiger partial charge is 0.343 e. The first kappa shape index (κ1) is 10.5. The Bertz CT molecular complexity index is 272. The lowest BCUT2D eigenvalue weighted by molar-refractivity contribution is -0.146. The molecule has 1 aliphatic carbocycles. The maximum atomic E-state index is 11.9. The Morgan fingerprint density at radius 2 is 1.87 bits per heavy atom. The van der Waals surface area contributed by atoms with Crippen LogP contribution in [0.1, 0.15) is 39.0 Å². The van der Waals surface area contributed by atoms with Gasteiger partial charge in [0.2, 0.25) is 11.8 Å². The monoisotopic (exact) mass is 210 g/mol. The minimum atomic E-state index is -0.340. The van der Waals surface area contributed by atoms with Crippen LogP contribution in [0.5, 0.6) is 0 Å². The van der Waals surface area contributed by atoms with Crippen molar-refractivity contribution < 1.29 is 9.59 Å². The summed E-state index contributed by atoms with van der Waals surface area (Å²) in [6.45, 7) is 2.02. The van der Waals surface area contributed by atoms with Gasteiger partial charge in [0.15, 0.2) is 0 Å². The first-order chi connectivity index (χ1) is 7.18. The molecular formula is C11H18N2O2. The van der Waals surface area contributed by atoms with E-state index in [0.717, 1.165) is 12.8 Å². The summed E-state index contributed by atoms with van der Waals surface area (Å²) in [5, 5.41) is 2.67. The smallest absolute Gasteiger partial charge is 0.245 e. The Labute approximate surface area is 90.0 Å². The summed E-state index contributed by atoms with van der Waals surface area (Å²) in [4.78, 5) is 25.0. The Morgan fingerprint density at radius 1 is 1.20 bits per heavy atom. The van der Waals surface area contributed by atoms with Crippen LogP contribution in [-0.4, -0.2) is 35.3 Å². The molecular weight excluding hydrogens is 192 g/mol. The first-order valence-corrected chi connectivity index (χ1v) is 5.78. The van der Waals surface area contributed by atoms with E-state index in [-0.39, 0.29) is 24.4 Å². The number of carbonyl (C=O) groups is 2. The van der Waals surface area contributed by atoms with Crippen LogP contribution in [0.25, 0.3) is 0 Å². The lowest BCUT2D eigenvalue weighted by Gasteiger charge is -2.38. The summed E-state index contributed by atoms with van der Waals surface area (Å²) in [6, 6.07) is -0.0343. The molecule has 2 fully saturated rings. The highest BCUT2D eigenvalue weighted by Crippen LogP contribution is 2.23. The zero-order valence-corrected chi connectivity index (χ0v) is 9.16. The van der Waals surface area contributed by atoms with Crippen molar-refractivity contribution in [2.24, 2.45) is 0 Å². The zero-order valence-electron chi connectivity index (χ0n) is 9.16. The summed E-state index contributed by atoms with van der Waals surface area (Å²) in [5.74, 6) is 0.0640. The number of hydrogen-bond donors (Lipinski definition) is 1. The second-order valence-corrected chi connectivity index (χ2v) is 4.55. The van der Waals surface area contributed by atoms with Gasteiger partial charge in [-0.25, -0.2) is 0 Å². The van der Waals surface area contributed by atoms with Crippen LogP contribution >= 0.6 is 0 Å². The number of nitrogens with one attached hydrogen (secondary N) is 1. The van der Waals surface area contributed by atoms with Gasteiger partial charge >= 0.3 is 0 Å². The summed E-state index contributed by atoms with van der Waals surface area (Å²) in [6.07, 6.45) is 5.76. The molecule has 4 nitrogen and oxygen atoms in total. The van der Waals surface area contributed by atoms with Crippen LogP contribution in [-0.2, 0) is 9.59 Å². The molecule has 1 saturated carbocycles. The molecule has 1 atom stereocenters. The predicted molar refractivity (Wildman–Crippen MR) is 56.2 cm³/mol. The van der Waals surface area contributed by atoms with Gasteiger partial charge in [-0.2, -0.15) is 0 Å². The number of piperazine rings is 1. The number of rotatable bonds is 1. The molecule has 1 saturated heterocycles. The van der Waals surface area contributed by atoms with Crippen LogP contribution in [0, 0.1) is 0 Å². The highest BCUT2D eigenvalue weighted by atomic mass is 16.2. The van der Waals surface area contributed by atoms with Gasteiger partial charge < -0.3 is 10.2 Å². The van der Waals surface area contributed by atoms with E-state index in [1.165, 1.54) is 19.3 Å². The fraction of sp³-hybridized carbons (Fsp3) is 0.818. The van der Waals surface area contributed by atoms with E-state index in [9.17, 15) is 9.59 Å². The van der Waals surface area contributed by atoms with E-state index in [1.807, 2.05) is 0 Å². The molecule has 2 rings (SSSR count). The highest BCUT2D eigenvalue weighted by Gasteiger charge is 2.34. The maximum absolute atomic E-state index is 11.9. The summed E-state index contributed by atoms with van der Waals surface area (Å²) in [5.41, 5.74) is 0. The maximum Gasteiger partial charge on any atom is 0.245 e. The third-order valence-electron chi connectivity index (χ3n) is 3.36. The van der Waals surface area contributed by atoms with Gasteiger partial charge in [0, 0.05) is 6.04 Å². The van der Waals surface area contributed by atoms with Gasteiger partial charge in [-0.15, -0.1) is 0 Å². The molecule has 1 aliphatic heterocycles. The Hall–Kier alpha value is -1.06. The summed E-state index contributed by atoms with van der Waals surface area (Å²) >= 11 is 0. The molecule has 2 aliphatic rings. The van der Waals surface area contributed by atoms with Gasteiger partial charge in [-0.1, -0.05) is 19.3 Å². The van der Waals surface area contributed by atoms with Gasteiger partial charge in [0.25, 0.3) is 0 Å². The summed E-state index contributed by atoms with van der Waals surface area (Å²) in [7, 11) is 0. The Balaban J connectivity index is 2.05. The molecule has 1 heterocycles. The van der Waals surface area contributed by atoms with Gasteiger partial charge in [0.05, 0.1) is 6.54 Å². The van der Waals surface area contributed by atoms with Gasteiger partial charge in [-0.05, 0) is 19.8 Å². The summed E-state index contributed by atoms with van der Waals surface area (Å²) < 4.78 is 0. The lowest BCUT2D eigenvalue weighted by atomic mass is 9.93. The van der Waals surface area contributed by atoms with E-state index in [2.05, 4.69) is 5.32 Å². The molecule has 0 radical (unpaired) electrons. The minimum absolute atomic E-state index is 0.0207. The quantitative estimate of drug-likeness (QED) is 0.691. The average molecular weight is 210 g/mol. The van der Waals surface area contributed by atoms with Crippen LogP contribution in [0.15, 0.2) is 0 Å². The molecule has 0 spiro atoms. The van der Waals surface area contributed by atoms with E-state index in [1.54, 1.807) is 11.8 Å². The molecule has 15 heavy (non-hydrogen) atoms. The van der Waals surface area contributed by atoms with Crippen LogP contribution < -0.4 is 5.32 Å². The Morgan fingerprint density at radius 3 is 2.53 bits per heavy atom. The number of amides is 2. The van der Waals surface area contributed by atoms with Crippen molar-refractivity contribution in [3.05, 3.63) is 0 Å². The van der Waals surface area contributed by atoms with Gasteiger partial charge in [-0.3, -0.25) is 9.59 Å². The molecule has 0 aromatic carbocycles. The first-order valence-electron chi connectivity index (χ1n) is 5.78. The van der Waals surface area contributed by atoms with Crippen molar-refractivity contribution in [1.29, 1.82) is 0 Å². The van der Waals surface area contributed by atoms with Gasteiger partial charge in [0.1, 0.15) is 6.04 Å². The fourth-order valence-electron chi connectivity index (χ4n) is 2.53. The number of nitrogens with zero attached hydrogens (tertiary/aromatic N) is 1. The number of hydrogen-bond acceptors (Lipinski definition) is 2. The predicted octanol–water partition coefficient (Wildman–Crippen LogP) is 0.666. The standard InChI is InChI=1S/C11H18N2O2/c1-8-11(15)13(7-10(14)12-8)9-5-3-2-4-6-9/h8-9H,2-7H2,1H3,(H,12,14). The molecule has 0 aromatic heterocycles. The Kier molecular flexibility index (Phi) is 2.93. The van der Waals surface area contributed by atoms with E-state index >= 15 is 0 Å². The minimum Gasteiger partial charge on any atom is -0.343 e. The van der Waals surface area contributed by atoms with Crippen molar-refractivity contribution in [2.45, 2.75) is 51.1 Å². The highest BCUT2D eigenvalue weighted by molar-refractivity contribution is 5.94. The lowest BCUT2D eigenvalue weighted by Crippen LogP contribution is -2.59. The second kappa shape index (κ2) is 4.21. The zero-order chi connectivity index (χ0) is 10.8. The van der Waals surface area contributed by atoms with Crippen molar-refractivity contribution >= 4 is 11.8 Å². The molecule has 1 N–H and O–H groups in total. The van der Waals surface area contributed by atoms with Crippen LogP contribution in [0.3, 0.4) is 0 Å². The molecule has 2 amide bonds. The second-order valence-electron chi connectivity index (χ2n) is 4.55. The van der Waals surface area contributed by atoms with E-state index in [4.69, 9.17) is 0 Å². The van der Waals surface area contributed by atoms with Crippen molar-refractivity contribution in [3.63, 3.8) is 0 Å². The van der Waals surface area contributed by atoms with Crippen molar-refractivity contribution in [1.82, 2.24) is 10.2 Å². The fourth-order valence-corrected chi connectivity index (χ4v) is 2.53. The molecule has 84 valence electrons. The van der Waals surface area contributed by atoms with Crippen LogP contribution in [0.2, 0.25) is 0 Å². The molecule has 0 aromatic rings. The topological polar surface area (TPSA) is 49.4 Å². The molecule has 4 heteroatoms. The third kappa shape index (κ3) is 2.13. The average Bonchev–Trinajstić information content (AvgIpc) is 2.24. The van der Waals surface area contributed by atoms with E-state index in [0.29, 0.717) is 6.04 Å². The van der Waals surface area contributed by atoms with Crippen molar-refractivity contribution in [3.8, 4) is 0 Å². The van der Waals surface area contributed by atoms with E-state index < -0.39 is 0 Å². The normalized spacial score (nSPS) is 29.1. The van der Waals surface area contributed by atoms with Crippen LogP contribution in [0.4, 0.5) is 0 Å². The SMILES string of the molecule is CC1NC(=O)CN(C2CCCCC2)C1=O. The number of carbonyl (C=O) groups excluding carboxylic acids is 2. The molecule has 0 bridgehead atoms. The molecule has 1 unspecified atom stereocenters. The third-order valence-corrected chi connectivity index (χ3v) is 3.36.